The van der Waals surface area contributed by atoms with Gasteiger partial charge in [-0.1, -0.05) is 13.8 Å². The molecular formula is C19H27NO3. The van der Waals surface area contributed by atoms with Gasteiger partial charge in [0.25, 0.3) is 0 Å². The number of methoxy groups -OCH3 is 1. The summed E-state index contributed by atoms with van der Waals surface area (Å²) in [7, 11) is 1.61. The van der Waals surface area contributed by atoms with Crippen molar-refractivity contribution < 1.29 is 14.3 Å². The summed E-state index contributed by atoms with van der Waals surface area (Å²) < 4.78 is 5.12. The van der Waals surface area contributed by atoms with Crippen molar-refractivity contribution in [3.8, 4) is 5.75 Å². The third-order valence-corrected chi connectivity index (χ3v) is 4.53. The lowest BCUT2D eigenvalue weighted by atomic mass is 9.88. The van der Waals surface area contributed by atoms with E-state index in [0.717, 1.165) is 30.6 Å². The van der Waals surface area contributed by atoms with Crippen LogP contribution in [0.1, 0.15) is 49.9 Å². The fraction of sp³-hybridized carbons (Fsp3) is 0.579. The van der Waals surface area contributed by atoms with Gasteiger partial charge < -0.3 is 9.64 Å². The van der Waals surface area contributed by atoms with Crippen molar-refractivity contribution in [2.45, 2.75) is 39.5 Å². The first-order valence-corrected chi connectivity index (χ1v) is 8.47. The summed E-state index contributed by atoms with van der Waals surface area (Å²) >= 11 is 0. The van der Waals surface area contributed by atoms with Gasteiger partial charge in [-0.15, -0.1) is 0 Å². The standard InChI is InChI=1S/C19H27NO3/c1-14(2)4-9-18(21)20-12-10-16(11-13-20)19(22)15-5-7-17(23-3)8-6-15/h5-8,14,16H,4,9-13H2,1-3H3. The highest BCUT2D eigenvalue weighted by Crippen LogP contribution is 2.23. The van der Waals surface area contributed by atoms with E-state index in [1.165, 1.54) is 0 Å². The molecule has 1 heterocycles. The Labute approximate surface area is 138 Å². The van der Waals surface area contributed by atoms with Crippen LogP contribution < -0.4 is 4.74 Å². The second kappa shape index (κ2) is 8.14. The molecule has 1 saturated heterocycles. The first-order valence-electron chi connectivity index (χ1n) is 8.47. The number of ketones is 1. The van der Waals surface area contributed by atoms with Crippen LogP contribution in [0.3, 0.4) is 0 Å². The van der Waals surface area contributed by atoms with E-state index in [9.17, 15) is 9.59 Å². The first kappa shape index (κ1) is 17.5. The summed E-state index contributed by atoms with van der Waals surface area (Å²) in [5.41, 5.74) is 0.732. The van der Waals surface area contributed by atoms with Gasteiger partial charge in [0.05, 0.1) is 7.11 Å². The molecule has 1 amide bonds. The molecule has 0 bridgehead atoms. The number of ether oxygens (including phenoxy) is 1. The molecule has 1 fully saturated rings. The molecule has 0 spiro atoms. The Morgan fingerprint density at radius 2 is 1.78 bits per heavy atom. The average molecular weight is 317 g/mol. The predicted molar refractivity (Wildman–Crippen MR) is 90.7 cm³/mol. The van der Waals surface area contributed by atoms with Crippen molar-refractivity contribution in [2.24, 2.45) is 11.8 Å². The third kappa shape index (κ3) is 4.81. The minimum atomic E-state index is 0.0255. The van der Waals surface area contributed by atoms with Crippen LogP contribution in [0.15, 0.2) is 24.3 Å². The van der Waals surface area contributed by atoms with E-state index in [1.54, 1.807) is 7.11 Å². The van der Waals surface area contributed by atoms with E-state index in [2.05, 4.69) is 13.8 Å². The zero-order chi connectivity index (χ0) is 16.8. The average Bonchev–Trinajstić information content (AvgIpc) is 2.59. The molecule has 0 N–H and O–H groups in total. The largest absolute Gasteiger partial charge is 0.497 e. The Kier molecular flexibility index (Phi) is 6.20. The fourth-order valence-electron chi connectivity index (χ4n) is 2.95. The zero-order valence-corrected chi connectivity index (χ0v) is 14.4. The molecule has 126 valence electrons. The highest BCUT2D eigenvalue weighted by atomic mass is 16.5. The number of amides is 1. The van der Waals surface area contributed by atoms with Gasteiger partial charge in [-0.25, -0.2) is 0 Å². The molecular weight excluding hydrogens is 290 g/mol. The molecule has 0 atom stereocenters. The van der Waals surface area contributed by atoms with Crippen LogP contribution in [-0.2, 0) is 4.79 Å². The van der Waals surface area contributed by atoms with Crippen LogP contribution in [0.5, 0.6) is 5.75 Å². The van der Waals surface area contributed by atoms with Gasteiger partial charge in [-0.05, 0) is 49.4 Å². The lowest BCUT2D eigenvalue weighted by molar-refractivity contribution is -0.132. The van der Waals surface area contributed by atoms with Crippen LogP contribution in [0.25, 0.3) is 0 Å². The summed E-state index contributed by atoms with van der Waals surface area (Å²) in [4.78, 5) is 26.6. The van der Waals surface area contributed by atoms with Gasteiger partial charge in [0.1, 0.15) is 5.75 Å². The summed E-state index contributed by atoms with van der Waals surface area (Å²) in [6, 6.07) is 7.28. The van der Waals surface area contributed by atoms with E-state index >= 15 is 0 Å². The maximum Gasteiger partial charge on any atom is 0.222 e. The number of rotatable bonds is 6. The second-order valence-corrected chi connectivity index (χ2v) is 6.68. The molecule has 0 aromatic heterocycles. The van der Waals surface area contributed by atoms with Gasteiger partial charge in [0.2, 0.25) is 5.91 Å². The van der Waals surface area contributed by atoms with Crippen molar-refractivity contribution in [3.63, 3.8) is 0 Å². The highest BCUT2D eigenvalue weighted by molar-refractivity contribution is 5.98. The molecule has 1 aliphatic heterocycles. The molecule has 23 heavy (non-hydrogen) atoms. The number of hydrogen-bond donors (Lipinski definition) is 0. The molecule has 0 saturated carbocycles. The summed E-state index contributed by atoms with van der Waals surface area (Å²) in [6.45, 7) is 5.66. The Morgan fingerprint density at radius 1 is 1.17 bits per heavy atom. The maximum atomic E-state index is 12.5. The van der Waals surface area contributed by atoms with E-state index in [0.29, 0.717) is 25.4 Å². The number of carbonyl (C=O) groups is 2. The van der Waals surface area contributed by atoms with Crippen LogP contribution in [-0.4, -0.2) is 36.8 Å². The highest BCUT2D eigenvalue weighted by Gasteiger charge is 2.27. The van der Waals surface area contributed by atoms with E-state index < -0.39 is 0 Å². The van der Waals surface area contributed by atoms with Gasteiger partial charge in [-0.3, -0.25) is 9.59 Å². The number of piperidine rings is 1. The van der Waals surface area contributed by atoms with Gasteiger partial charge in [-0.2, -0.15) is 0 Å². The van der Waals surface area contributed by atoms with Crippen molar-refractivity contribution in [1.82, 2.24) is 4.90 Å². The molecule has 4 nitrogen and oxygen atoms in total. The van der Waals surface area contributed by atoms with E-state index in [4.69, 9.17) is 4.74 Å². The van der Waals surface area contributed by atoms with Crippen molar-refractivity contribution in [3.05, 3.63) is 29.8 Å². The maximum absolute atomic E-state index is 12.5. The number of carbonyl (C=O) groups excluding carboxylic acids is 2. The molecule has 1 aromatic rings. The van der Waals surface area contributed by atoms with Gasteiger partial charge in [0.15, 0.2) is 5.78 Å². The Hall–Kier alpha value is -1.84. The Morgan fingerprint density at radius 3 is 2.30 bits per heavy atom. The quantitative estimate of drug-likeness (QED) is 0.754. The monoisotopic (exact) mass is 317 g/mol. The molecule has 1 aromatic carbocycles. The molecule has 0 aliphatic carbocycles. The zero-order valence-electron chi connectivity index (χ0n) is 14.4. The second-order valence-electron chi connectivity index (χ2n) is 6.68. The number of hydrogen-bond acceptors (Lipinski definition) is 3. The number of Topliss-reactive ketones (excluding diaryl/α,β-unsaturated/α-hetero) is 1. The van der Waals surface area contributed by atoms with Gasteiger partial charge in [0, 0.05) is 31.0 Å². The molecule has 1 aliphatic rings. The number of likely N-dealkylation sites (tertiary alicyclic amines) is 1. The third-order valence-electron chi connectivity index (χ3n) is 4.53. The van der Waals surface area contributed by atoms with E-state index in [-0.39, 0.29) is 17.6 Å². The minimum absolute atomic E-state index is 0.0255. The summed E-state index contributed by atoms with van der Waals surface area (Å²) in [6.07, 6.45) is 3.08. The smallest absolute Gasteiger partial charge is 0.222 e. The SMILES string of the molecule is COc1ccc(C(=O)C2CCN(C(=O)CCC(C)C)CC2)cc1. The number of nitrogens with zero attached hydrogens (tertiary/aromatic N) is 1. The van der Waals surface area contributed by atoms with Crippen LogP contribution in [0.4, 0.5) is 0 Å². The van der Waals surface area contributed by atoms with Crippen molar-refractivity contribution >= 4 is 11.7 Å². The van der Waals surface area contributed by atoms with Crippen LogP contribution in [0.2, 0.25) is 0 Å². The number of benzene rings is 1. The minimum Gasteiger partial charge on any atom is -0.497 e. The van der Waals surface area contributed by atoms with Gasteiger partial charge >= 0.3 is 0 Å². The molecule has 0 unspecified atom stereocenters. The van der Waals surface area contributed by atoms with Crippen molar-refractivity contribution in [1.29, 1.82) is 0 Å². The Balaban J connectivity index is 1.85. The van der Waals surface area contributed by atoms with Crippen LogP contribution >= 0.6 is 0 Å². The molecule has 2 rings (SSSR count). The topological polar surface area (TPSA) is 46.6 Å². The summed E-state index contributed by atoms with van der Waals surface area (Å²) in [5, 5.41) is 0. The van der Waals surface area contributed by atoms with Crippen molar-refractivity contribution in [2.75, 3.05) is 20.2 Å². The van der Waals surface area contributed by atoms with E-state index in [1.807, 2.05) is 29.2 Å². The normalized spacial score (nSPS) is 15.7. The predicted octanol–water partition coefficient (Wildman–Crippen LogP) is 3.55. The molecule has 0 radical (unpaired) electrons. The lowest BCUT2D eigenvalue weighted by Crippen LogP contribution is -2.40. The Bertz CT molecular complexity index is 528. The fourth-order valence-corrected chi connectivity index (χ4v) is 2.95. The lowest BCUT2D eigenvalue weighted by Gasteiger charge is -2.31. The first-order chi connectivity index (χ1) is 11.0. The molecule has 4 heteroatoms. The van der Waals surface area contributed by atoms with Crippen LogP contribution in [0, 0.1) is 11.8 Å². The summed E-state index contributed by atoms with van der Waals surface area (Å²) in [5.74, 6) is 1.74.